The number of aryl methyl sites for hydroxylation is 1. The highest BCUT2D eigenvalue weighted by Gasteiger charge is 2.22. The Hall–Kier alpha value is -1.39. The molecular weight excluding hydrogens is 264 g/mol. The Morgan fingerprint density at radius 2 is 2.19 bits per heavy atom. The number of hydrogen-bond acceptors (Lipinski definition) is 3. The largest absolute Gasteiger partial charge is 0.396 e. The van der Waals surface area contributed by atoms with Gasteiger partial charge in [-0.2, -0.15) is 0 Å². The minimum Gasteiger partial charge on any atom is -0.396 e. The molecule has 0 spiro atoms. The molecule has 1 saturated heterocycles. The molecule has 1 N–H and O–H groups in total. The molecular formula is C17H26N2O2. The van der Waals surface area contributed by atoms with Crippen LogP contribution in [0.1, 0.15) is 24.0 Å². The van der Waals surface area contributed by atoms with E-state index in [2.05, 4.69) is 24.0 Å². The van der Waals surface area contributed by atoms with Crippen molar-refractivity contribution in [1.82, 2.24) is 9.80 Å². The number of nitrogens with zero attached hydrogens (tertiary/aromatic N) is 2. The van der Waals surface area contributed by atoms with Crippen LogP contribution in [0.4, 0.5) is 0 Å². The van der Waals surface area contributed by atoms with Gasteiger partial charge in [-0.25, -0.2) is 0 Å². The van der Waals surface area contributed by atoms with Gasteiger partial charge in [0.1, 0.15) is 0 Å². The van der Waals surface area contributed by atoms with Gasteiger partial charge in [0.25, 0.3) is 0 Å². The van der Waals surface area contributed by atoms with Crippen molar-refractivity contribution in [2.24, 2.45) is 5.92 Å². The predicted molar refractivity (Wildman–Crippen MR) is 83.9 cm³/mol. The zero-order chi connectivity index (χ0) is 15.2. The predicted octanol–water partition coefficient (Wildman–Crippen LogP) is 1.66. The van der Waals surface area contributed by atoms with Gasteiger partial charge in [-0.1, -0.05) is 24.3 Å². The van der Waals surface area contributed by atoms with E-state index in [9.17, 15) is 9.90 Å². The van der Waals surface area contributed by atoms with Gasteiger partial charge in [-0.3, -0.25) is 9.69 Å². The van der Waals surface area contributed by atoms with Crippen molar-refractivity contribution in [2.45, 2.75) is 26.3 Å². The second kappa shape index (κ2) is 7.57. The SMILES string of the molecule is Cc1ccccc1CN(C)C(=O)CN1CCCC(CO)C1. The van der Waals surface area contributed by atoms with E-state index in [4.69, 9.17) is 0 Å². The number of carbonyl (C=O) groups is 1. The van der Waals surface area contributed by atoms with E-state index in [0.717, 1.165) is 25.9 Å². The van der Waals surface area contributed by atoms with Gasteiger partial charge >= 0.3 is 0 Å². The molecule has 21 heavy (non-hydrogen) atoms. The quantitative estimate of drug-likeness (QED) is 0.897. The zero-order valence-corrected chi connectivity index (χ0v) is 13.1. The van der Waals surface area contributed by atoms with Crippen LogP contribution in [0.25, 0.3) is 0 Å². The van der Waals surface area contributed by atoms with E-state index in [1.807, 2.05) is 19.2 Å². The Bertz CT molecular complexity index is 476. The average molecular weight is 290 g/mol. The molecule has 1 aromatic rings. The fraction of sp³-hybridized carbons (Fsp3) is 0.588. The highest BCUT2D eigenvalue weighted by atomic mass is 16.3. The Balaban J connectivity index is 1.86. The standard InChI is InChI=1S/C17H26N2O2/c1-14-6-3-4-8-16(14)11-18(2)17(21)12-19-9-5-7-15(10-19)13-20/h3-4,6,8,15,20H,5,7,9-13H2,1-2H3. The summed E-state index contributed by atoms with van der Waals surface area (Å²) < 4.78 is 0. The lowest BCUT2D eigenvalue weighted by atomic mass is 9.99. The molecule has 0 radical (unpaired) electrons. The molecule has 1 fully saturated rings. The van der Waals surface area contributed by atoms with Gasteiger partial charge in [0.2, 0.25) is 5.91 Å². The molecule has 0 aliphatic carbocycles. The van der Waals surface area contributed by atoms with E-state index in [-0.39, 0.29) is 12.5 Å². The molecule has 4 nitrogen and oxygen atoms in total. The summed E-state index contributed by atoms with van der Waals surface area (Å²) in [5, 5.41) is 9.26. The fourth-order valence-electron chi connectivity index (χ4n) is 2.89. The fourth-order valence-corrected chi connectivity index (χ4v) is 2.89. The van der Waals surface area contributed by atoms with Crippen LogP contribution in [0.2, 0.25) is 0 Å². The molecule has 1 aromatic carbocycles. The number of aliphatic hydroxyl groups excluding tert-OH is 1. The number of likely N-dealkylation sites (tertiary alicyclic amines) is 1. The van der Waals surface area contributed by atoms with Gasteiger partial charge in [0.05, 0.1) is 6.54 Å². The number of benzene rings is 1. The summed E-state index contributed by atoms with van der Waals surface area (Å²) in [6, 6.07) is 8.17. The van der Waals surface area contributed by atoms with Crippen LogP contribution < -0.4 is 0 Å². The first-order valence-electron chi connectivity index (χ1n) is 7.72. The van der Waals surface area contributed by atoms with E-state index in [0.29, 0.717) is 19.0 Å². The summed E-state index contributed by atoms with van der Waals surface area (Å²) in [5.74, 6) is 0.477. The maximum absolute atomic E-state index is 12.3. The molecule has 1 aliphatic heterocycles. The third kappa shape index (κ3) is 4.55. The van der Waals surface area contributed by atoms with Crippen molar-refractivity contribution in [1.29, 1.82) is 0 Å². The van der Waals surface area contributed by atoms with Gasteiger partial charge in [-0.05, 0) is 43.4 Å². The summed E-state index contributed by atoms with van der Waals surface area (Å²) in [6.45, 7) is 5.20. The maximum atomic E-state index is 12.3. The number of amides is 1. The first-order valence-corrected chi connectivity index (χ1v) is 7.72. The van der Waals surface area contributed by atoms with Gasteiger partial charge in [0, 0.05) is 26.7 Å². The zero-order valence-electron chi connectivity index (χ0n) is 13.1. The Morgan fingerprint density at radius 1 is 1.43 bits per heavy atom. The minimum atomic E-state index is 0.150. The topological polar surface area (TPSA) is 43.8 Å². The molecule has 2 rings (SSSR count). The van der Waals surface area contributed by atoms with Crippen LogP contribution in [0, 0.1) is 12.8 Å². The van der Waals surface area contributed by atoms with E-state index in [1.165, 1.54) is 11.1 Å². The number of piperidine rings is 1. The summed E-state index contributed by atoms with van der Waals surface area (Å²) in [4.78, 5) is 16.3. The molecule has 0 aromatic heterocycles. The highest BCUT2D eigenvalue weighted by molar-refractivity contribution is 5.78. The molecule has 1 amide bonds. The van der Waals surface area contributed by atoms with Gasteiger partial charge in [0.15, 0.2) is 0 Å². The first-order chi connectivity index (χ1) is 10.1. The van der Waals surface area contributed by atoms with Crippen LogP contribution in [0.5, 0.6) is 0 Å². The van der Waals surface area contributed by atoms with Crippen LogP contribution in [-0.4, -0.2) is 54.1 Å². The molecule has 0 saturated carbocycles. The van der Waals surface area contributed by atoms with Crippen molar-refractivity contribution in [3.8, 4) is 0 Å². The van der Waals surface area contributed by atoms with Crippen LogP contribution in [0.3, 0.4) is 0 Å². The molecule has 0 bridgehead atoms. The number of carbonyl (C=O) groups excluding carboxylic acids is 1. The molecule has 1 atom stereocenters. The van der Waals surface area contributed by atoms with Crippen molar-refractivity contribution < 1.29 is 9.90 Å². The molecule has 1 heterocycles. The Labute approximate surface area is 127 Å². The number of aliphatic hydroxyl groups is 1. The van der Waals surface area contributed by atoms with E-state index < -0.39 is 0 Å². The third-order valence-electron chi connectivity index (χ3n) is 4.31. The first kappa shape index (κ1) is 16.0. The van der Waals surface area contributed by atoms with Crippen LogP contribution >= 0.6 is 0 Å². The van der Waals surface area contributed by atoms with E-state index in [1.54, 1.807) is 4.90 Å². The van der Waals surface area contributed by atoms with Gasteiger partial charge < -0.3 is 10.0 Å². The van der Waals surface area contributed by atoms with Crippen molar-refractivity contribution >= 4 is 5.91 Å². The van der Waals surface area contributed by atoms with E-state index >= 15 is 0 Å². The molecule has 4 heteroatoms. The summed E-state index contributed by atoms with van der Waals surface area (Å²) in [5.41, 5.74) is 2.41. The molecule has 1 unspecified atom stereocenters. The normalized spacial score (nSPS) is 19.5. The lowest BCUT2D eigenvalue weighted by molar-refractivity contribution is -0.132. The average Bonchev–Trinajstić information content (AvgIpc) is 2.49. The lowest BCUT2D eigenvalue weighted by Gasteiger charge is -2.32. The Morgan fingerprint density at radius 3 is 2.90 bits per heavy atom. The van der Waals surface area contributed by atoms with Gasteiger partial charge in [-0.15, -0.1) is 0 Å². The molecule has 1 aliphatic rings. The summed E-state index contributed by atoms with van der Waals surface area (Å²) >= 11 is 0. The van der Waals surface area contributed by atoms with Crippen molar-refractivity contribution in [2.75, 3.05) is 33.3 Å². The molecule has 116 valence electrons. The Kier molecular flexibility index (Phi) is 5.76. The summed E-state index contributed by atoms with van der Waals surface area (Å²) in [6.07, 6.45) is 2.14. The maximum Gasteiger partial charge on any atom is 0.236 e. The van der Waals surface area contributed by atoms with Crippen LogP contribution in [0.15, 0.2) is 24.3 Å². The summed E-state index contributed by atoms with van der Waals surface area (Å²) in [7, 11) is 1.86. The van der Waals surface area contributed by atoms with Crippen molar-refractivity contribution in [3.05, 3.63) is 35.4 Å². The number of rotatable bonds is 5. The monoisotopic (exact) mass is 290 g/mol. The highest BCUT2D eigenvalue weighted by Crippen LogP contribution is 2.16. The second-order valence-corrected chi connectivity index (χ2v) is 6.10. The van der Waals surface area contributed by atoms with Crippen LogP contribution in [-0.2, 0) is 11.3 Å². The minimum absolute atomic E-state index is 0.150. The van der Waals surface area contributed by atoms with Crippen molar-refractivity contribution in [3.63, 3.8) is 0 Å². The third-order valence-corrected chi connectivity index (χ3v) is 4.31. The smallest absolute Gasteiger partial charge is 0.236 e. The second-order valence-electron chi connectivity index (χ2n) is 6.10. The number of likely N-dealkylation sites (N-methyl/N-ethyl adjacent to an activating group) is 1. The number of hydrogen-bond donors (Lipinski definition) is 1. The lowest BCUT2D eigenvalue weighted by Crippen LogP contribution is -2.43.